The van der Waals surface area contributed by atoms with Gasteiger partial charge in [-0.1, -0.05) is 35.9 Å². The fraction of sp³-hybridized carbons (Fsp3) is 0.192. The number of H-pyrrole nitrogens is 1. The molecule has 1 amide bonds. The summed E-state index contributed by atoms with van der Waals surface area (Å²) in [6.45, 7) is -0.443. The van der Waals surface area contributed by atoms with Crippen molar-refractivity contribution in [1.29, 1.82) is 0 Å². The molecule has 7 nitrogen and oxygen atoms in total. The van der Waals surface area contributed by atoms with Crippen LogP contribution >= 0.6 is 11.6 Å². The number of aliphatic hydroxyl groups is 2. The smallest absolute Gasteiger partial charge is 0.252 e. The van der Waals surface area contributed by atoms with E-state index in [1.54, 1.807) is 48.7 Å². The van der Waals surface area contributed by atoms with Crippen molar-refractivity contribution in [3.63, 3.8) is 0 Å². The summed E-state index contributed by atoms with van der Waals surface area (Å²) in [5, 5.41) is 29.8. The molecule has 0 aliphatic rings. The standard InChI is InChI=1S/C26H24ClFN4O3/c27-17-9-7-16(8-10-17)23-14-24(32-31-23)25-21(5-3-6-22(25)28)26(35)30-19(13-20(34)15-33)12-18-4-1-2-11-29-18/h1-11,14,19-20,33-34H,12-13,15H2,(H,30,35)(H,31,32)/t19-,20+/m1/s1. The molecule has 0 unspecified atom stereocenters. The zero-order valence-corrected chi connectivity index (χ0v) is 19.4. The lowest BCUT2D eigenvalue weighted by Gasteiger charge is -2.21. The Morgan fingerprint density at radius 3 is 2.63 bits per heavy atom. The van der Waals surface area contributed by atoms with Gasteiger partial charge in [-0.3, -0.25) is 14.9 Å². The van der Waals surface area contributed by atoms with Crippen LogP contribution < -0.4 is 5.32 Å². The third-order valence-electron chi connectivity index (χ3n) is 5.53. The van der Waals surface area contributed by atoms with Crippen molar-refractivity contribution in [2.24, 2.45) is 0 Å². The first-order chi connectivity index (χ1) is 16.9. The highest BCUT2D eigenvalue weighted by Gasteiger charge is 2.23. The van der Waals surface area contributed by atoms with Gasteiger partial charge in [0.05, 0.1) is 29.7 Å². The van der Waals surface area contributed by atoms with Crippen molar-refractivity contribution in [3.8, 4) is 22.5 Å². The van der Waals surface area contributed by atoms with E-state index in [9.17, 15) is 19.4 Å². The molecule has 180 valence electrons. The van der Waals surface area contributed by atoms with Crippen LogP contribution in [0.15, 0.2) is 72.9 Å². The molecule has 2 heterocycles. The first-order valence-electron chi connectivity index (χ1n) is 11.0. The van der Waals surface area contributed by atoms with E-state index in [1.165, 1.54) is 18.2 Å². The summed E-state index contributed by atoms with van der Waals surface area (Å²) in [6, 6.07) is 17.9. The van der Waals surface area contributed by atoms with Gasteiger partial charge in [0.1, 0.15) is 5.82 Å². The lowest BCUT2D eigenvalue weighted by Crippen LogP contribution is -2.40. The van der Waals surface area contributed by atoms with Crippen molar-refractivity contribution in [1.82, 2.24) is 20.5 Å². The quantitative estimate of drug-likeness (QED) is 0.281. The summed E-state index contributed by atoms with van der Waals surface area (Å²) in [7, 11) is 0. The van der Waals surface area contributed by atoms with E-state index in [2.05, 4.69) is 20.5 Å². The predicted molar refractivity (Wildman–Crippen MR) is 131 cm³/mol. The highest BCUT2D eigenvalue weighted by molar-refractivity contribution is 6.30. The maximum Gasteiger partial charge on any atom is 0.252 e. The van der Waals surface area contributed by atoms with Gasteiger partial charge in [0.2, 0.25) is 0 Å². The van der Waals surface area contributed by atoms with Gasteiger partial charge in [0.25, 0.3) is 5.91 Å². The van der Waals surface area contributed by atoms with E-state index in [1.807, 2.05) is 6.07 Å². The molecule has 0 spiro atoms. The predicted octanol–water partition coefficient (Wildman–Crippen LogP) is 4.02. The minimum atomic E-state index is -1.02. The Labute approximate surface area is 206 Å². The summed E-state index contributed by atoms with van der Waals surface area (Å²) in [4.78, 5) is 17.6. The van der Waals surface area contributed by atoms with Gasteiger partial charge in [-0.25, -0.2) is 4.39 Å². The van der Waals surface area contributed by atoms with Gasteiger partial charge in [-0.2, -0.15) is 5.10 Å². The van der Waals surface area contributed by atoms with Crippen LogP contribution in [0, 0.1) is 5.82 Å². The van der Waals surface area contributed by atoms with Crippen LogP contribution in [0.2, 0.25) is 5.02 Å². The first kappa shape index (κ1) is 24.5. The minimum absolute atomic E-state index is 0.0806. The van der Waals surface area contributed by atoms with E-state index in [0.29, 0.717) is 28.5 Å². The van der Waals surface area contributed by atoms with Gasteiger partial charge < -0.3 is 15.5 Å². The third kappa shape index (κ3) is 6.10. The van der Waals surface area contributed by atoms with Gasteiger partial charge >= 0.3 is 0 Å². The number of carbonyl (C=O) groups excluding carboxylic acids is 1. The van der Waals surface area contributed by atoms with E-state index in [-0.39, 0.29) is 17.5 Å². The van der Waals surface area contributed by atoms with Crippen molar-refractivity contribution >= 4 is 17.5 Å². The van der Waals surface area contributed by atoms with Crippen LogP contribution in [0.4, 0.5) is 4.39 Å². The number of nitrogens with one attached hydrogen (secondary N) is 2. The molecule has 4 aromatic rings. The molecule has 0 saturated carbocycles. The number of carbonyl (C=O) groups is 1. The normalized spacial score (nSPS) is 12.8. The molecule has 0 aliphatic carbocycles. The van der Waals surface area contributed by atoms with Gasteiger partial charge in [-0.15, -0.1) is 0 Å². The molecular weight excluding hydrogens is 471 g/mol. The average molecular weight is 495 g/mol. The molecule has 0 radical (unpaired) electrons. The second kappa shape index (κ2) is 11.2. The number of aromatic amines is 1. The molecule has 9 heteroatoms. The molecule has 2 atom stereocenters. The molecular formula is C26H24ClFN4O3. The number of pyridine rings is 1. The van der Waals surface area contributed by atoms with Crippen molar-refractivity contribution in [3.05, 3.63) is 95.0 Å². The van der Waals surface area contributed by atoms with Crippen molar-refractivity contribution < 1.29 is 19.4 Å². The SMILES string of the molecule is O=C(N[C@H](Cc1ccccn1)C[C@H](O)CO)c1cccc(F)c1-c1cc(-c2ccc(Cl)cc2)n[nH]1. The topological polar surface area (TPSA) is 111 Å². The Kier molecular flexibility index (Phi) is 7.87. The summed E-state index contributed by atoms with van der Waals surface area (Å²) in [5.74, 6) is -1.10. The molecule has 0 saturated heterocycles. The van der Waals surface area contributed by atoms with E-state index in [0.717, 1.165) is 5.56 Å². The number of aliphatic hydroxyl groups excluding tert-OH is 2. The Balaban J connectivity index is 1.61. The number of hydrogen-bond donors (Lipinski definition) is 4. The largest absolute Gasteiger partial charge is 0.394 e. The number of benzene rings is 2. The number of amides is 1. The molecule has 0 bridgehead atoms. The fourth-order valence-corrected chi connectivity index (χ4v) is 3.96. The summed E-state index contributed by atoms with van der Waals surface area (Å²) < 4.78 is 15.0. The molecule has 0 aliphatic heterocycles. The monoisotopic (exact) mass is 494 g/mol. The lowest BCUT2D eigenvalue weighted by atomic mass is 10.00. The van der Waals surface area contributed by atoms with Crippen LogP contribution in [0.5, 0.6) is 0 Å². The fourth-order valence-electron chi connectivity index (χ4n) is 3.84. The van der Waals surface area contributed by atoms with Gasteiger partial charge in [-0.05, 0) is 48.9 Å². The minimum Gasteiger partial charge on any atom is -0.394 e. The third-order valence-corrected chi connectivity index (χ3v) is 5.78. The zero-order chi connectivity index (χ0) is 24.8. The Morgan fingerprint density at radius 1 is 1.11 bits per heavy atom. The molecule has 2 aromatic carbocycles. The molecule has 0 fully saturated rings. The number of rotatable bonds is 9. The average Bonchev–Trinajstić information content (AvgIpc) is 3.34. The maximum atomic E-state index is 15.0. The zero-order valence-electron chi connectivity index (χ0n) is 18.7. The first-order valence-corrected chi connectivity index (χ1v) is 11.4. The van der Waals surface area contributed by atoms with Crippen molar-refractivity contribution in [2.45, 2.75) is 25.0 Å². The lowest BCUT2D eigenvalue weighted by molar-refractivity contribution is 0.0740. The second-order valence-corrected chi connectivity index (χ2v) is 8.54. The van der Waals surface area contributed by atoms with E-state index in [4.69, 9.17) is 11.6 Å². The van der Waals surface area contributed by atoms with Crippen LogP contribution in [0.3, 0.4) is 0 Å². The summed E-state index contributed by atoms with van der Waals surface area (Å²) >= 11 is 5.95. The molecule has 4 rings (SSSR count). The summed E-state index contributed by atoms with van der Waals surface area (Å²) in [5.41, 5.74) is 2.61. The molecule has 4 N–H and O–H groups in total. The van der Waals surface area contributed by atoms with E-state index < -0.39 is 30.5 Å². The van der Waals surface area contributed by atoms with E-state index >= 15 is 0 Å². The number of hydrogen-bond acceptors (Lipinski definition) is 5. The molecule has 2 aromatic heterocycles. The summed E-state index contributed by atoms with van der Waals surface area (Å²) in [6.07, 6.45) is 1.05. The second-order valence-electron chi connectivity index (χ2n) is 8.10. The highest BCUT2D eigenvalue weighted by Crippen LogP contribution is 2.29. The van der Waals surface area contributed by atoms with Crippen LogP contribution in [0.25, 0.3) is 22.5 Å². The number of halogens is 2. The van der Waals surface area contributed by atoms with Crippen LogP contribution in [0.1, 0.15) is 22.5 Å². The Hall–Kier alpha value is -3.59. The van der Waals surface area contributed by atoms with Crippen LogP contribution in [-0.2, 0) is 6.42 Å². The number of aromatic nitrogens is 3. The number of nitrogens with zero attached hydrogens (tertiary/aromatic N) is 2. The Bertz CT molecular complexity index is 1280. The van der Waals surface area contributed by atoms with Gasteiger partial charge in [0.15, 0.2) is 0 Å². The maximum absolute atomic E-state index is 15.0. The Morgan fingerprint density at radius 2 is 1.91 bits per heavy atom. The molecule has 35 heavy (non-hydrogen) atoms. The van der Waals surface area contributed by atoms with Crippen LogP contribution in [-0.4, -0.2) is 50.1 Å². The van der Waals surface area contributed by atoms with Crippen molar-refractivity contribution in [2.75, 3.05) is 6.61 Å². The van der Waals surface area contributed by atoms with Gasteiger partial charge in [0, 0.05) is 40.5 Å². The highest BCUT2D eigenvalue weighted by atomic mass is 35.5.